The number of rotatable bonds is 6. The molecule has 0 aromatic heterocycles. The van der Waals surface area contributed by atoms with E-state index in [9.17, 15) is 8.42 Å². The molecule has 0 aromatic rings. The standard InChI is InChI=1S/C10H19NO3S/c12-15(13,8-9-1-2-9)6-4-11-10-3-5-14-7-10/h9-11H,1-8H2. The topological polar surface area (TPSA) is 55.4 Å². The van der Waals surface area contributed by atoms with Crippen molar-refractivity contribution >= 4 is 9.84 Å². The second kappa shape index (κ2) is 4.80. The van der Waals surface area contributed by atoms with Crippen molar-refractivity contribution in [2.75, 3.05) is 31.3 Å². The Labute approximate surface area is 91.3 Å². The molecule has 1 N–H and O–H groups in total. The summed E-state index contributed by atoms with van der Waals surface area (Å²) in [6, 6.07) is 0.362. The molecule has 1 saturated heterocycles. The van der Waals surface area contributed by atoms with Crippen LogP contribution in [-0.4, -0.2) is 45.7 Å². The fourth-order valence-electron chi connectivity index (χ4n) is 1.84. The monoisotopic (exact) mass is 233 g/mol. The van der Waals surface area contributed by atoms with Crippen molar-refractivity contribution in [1.29, 1.82) is 0 Å². The fourth-order valence-corrected chi connectivity index (χ4v) is 3.49. The van der Waals surface area contributed by atoms with E-state index in [1.807, 2.05) is 0 Å². The van der Waals surface area contributed by atoms with E-state index in [1.54, 1.807) is 0 Å². The minimum atomic E-state index is -2.81. The number of hydrogen-bond acceptors (Lipinski definition) is 4. The Bertz CT molecular complexity index is 292. The van der Waals surface area contributed by atoms with Gasteiger partial charge in [0, 0.05) is 19.2 Å². The van der Waals surface area contributed by atoms with Crippen LogP contribution in [0.4, 0.5) is 0 Å². The van der Waals surface area contributed by atoms with Crippen molar-refractivity contribution in [2.45, 2.75) is 25.3 Å². The minimum absolute atomic E-state index is 0.278. The molecule has 15 heavy (non-hydrogen) atoms. The molecule has 0 aromatic carbocycles. The third kappa shape index (κ3) is 4.09. The van der Waals surface area contributed by atoms with E-state index in [1.165, 1.54) is 0 Å². The van der Waals surface area contributed by atoms with Crippen LogP contribution in [0.2, 0.25) is 0 Å². The highest BCUT2D eigenvalue weighted by atomic mass is 32.2. The average Bonchev–Trinajstić information content (AvgIpc) is 2.81. The summed E-state index contributed by atoms with van der Waals surface area (Å²) in [5.41, 5.74) is 0. The normalized spacial score (nSPS) is 27.1. The maximum absolute atomic E-state index is 11.6. The van der Waals surface area contributed by atoms with Crippen LogP contribution in [0.15, 0.2) is 0 Å². The first-order valence-electron chi connectivity index (χ1n) is 5.67. The Hall–Kier alpha value is -0.130. The first-order chi connectivity index (χ1) is 7.16. The highest BCUT2D eigenvalue weighted by Crippen LogP contribution is 2.30. The van der Waals surface area contributed by atoms with E-state index in [0.717, 1.165) is 32.5 Å². The molecule has 1 heterocycles. The molecule has 1 aliphatic heterocycles. The summed E-state index contributed by atoms with van der Waals surface area (Å²) in [6.45, 7) is 2.10. The number of hydrogen-bond donors (Lipinski definition) is 1. The van der Waals surface area contributed by atoms with Crippen LogP contribution in [-0.2, 0) is 14.6 Å². The summed E-state index contributed by atoms with van der Waals surface area (Å²) >= 11 is 0. The van der Waals surface area contributed by atoms with E-state index in [0.29, 0.717) is 24.3 Å². The zero-order valence-electron chi connectivity index (χ0n) is 8.94. The van der Waals surface area contributed by atoms with Gasteiger partial charge < -0.3 is 10.1 Å². The van der Waals surface area contributed by atoms with Gasteiger partial charge in [-0.25, -0.2) is 8.42 Å². The third-order valence-corrected chi connectivity index (χ3v) is 4.77. The van der Waals surface area contributed by atoms with Gasteiger partial charge in [0.15, 0.2) is 9.84 Å². The van der Waals surface area contributed by atoms with Gasteiger partial charge in [-0.05, 0) is 25.2 Å². The number of ether oxygens (including phenoxy) is 1. The quantitative estimate of drug-likeness (QED) is 0.711. The largest absolute Gasteiger partial charge is 0.380 e. The lowest BCUT2D eigenvalue weighted by Crippen LogP contribution is -2.34. The van der Waals surface area contributed by atoms with Crippen molar-refractivity contribution in [3.8, 4) is 0 Å². The molecule has 0 spiro atoms. The predicted molar refractivity (Wildman–Crippen MR) is 58.6 cm³/mol. The molecule has 1 aliphatic carbocycles. The Morgan fingerprint density at radius 2 is 2.07 bits per heavy atom. The van der Waals surface area contributed by atoms with E-state index in [2.05, 4.69) is 5.32 Å². The third-order valence-electron chi connectivity index (χ3n) is 2.96. The molecule has 4 nitrogen and oxygen atoms in total. The van der Waals surface area contributed by atoms with Crippen LogP contribution in [0.25, 0.3) is 0 Å². The summed E-state index contributed by atoms with van der Waals surface area (Å²) in [4.78, 5) is 0. The second-order valence-corrected chi connectivity index (χ2v) is 6.80. The molecule has 88 valence electrons. The van der Waals surface area contributed by atoms with Gasteiger partial charge in [0.2, 0.25) is 0 Å². The van der Waals surface area contributed by atoms with Crippen LogP contribution in [0.1, 0.15) is 19.3 Å². The van der Waals surface area contributed by atoms with Gasteiger partial charge in [-0.3, -0.25) is 0 Å². The molecule has 0 amide bonds. The van der Waals surface area contributed by atoms with Crippen LogP contribution in [0.3, 0.4) is 0 Å². The number of sulfone groups is 1. The van der Waals surface area contributed by atoms with Gasteiger partial charge in [-0.2, -0.15) is 0 Å². The SMILES string of the molecule is O=S(=O)(CCNC1CCOC1)CC1CC1. The molecule has 0 bridgehead atoms. The van der Waals surface area contributed by atoms with E-state index in [4.69, 9.17) is 4.74 Å². The highest BCUT2D eigenvalue weighted by molar-refractivity contribution is 7.91. The molecule has 0 radical (unpaired) electrons. The van der Waals surface area contributed by atoms with Crippen molar-refractivity contribution in [3.05, 3.63) is 0 Å². The van der Waals surface area contributed by atoms with Crippen molar-refractivity contribution in [1.82, 2.24) is 5.32 Å². The Morgan fingerprint density at radius 3 is 2.67 bits per heavy atom. The summed E-state index contributed by atoms with van der Waals surface area (Å²) in [5.74, 6) is 1.14. The lowest BCUT2D eigenvalue weighted by molar-refractivity contribution is 0.190. The van der Waals surface area contributed by atoms with Crippen LogP contribution >= 0.6 is 0 Å². The Balaban J connectivity index is 1.63. The molecule has 2 fully saturated rings. The van der Waals surface area contributed by atoms with Gasteiger partial charge in [0.1, 0.15) is 0 Å². The fraction of sp³-hybridized carbons (Fsp3) is 1.00. The van der Waals surface area contributed by atoms with Gasteiger partial charge in [0.25, 0.3) is 0 Å². The minimum Gasteiger partial charge on any atom is -0.380 e. The smallest absolute Gasteiger partial charge is 0.151 e. The van der Waals surface area contributed by atoms with E-state index in [-0.39, 0.29) is 5.75 Å². The van der Waals surface area contributed by atoms with Crippen molar-refractivity contribution < 1.29 is 13.2 Å². The second-order valence-electron chi connectivity index (χ2n) is 4.57. The summed E-state index contributed by atoms with van der Waals surface area (Å²) in [6.07, 6.45) is 3.20. The average molecular weight is 233 g/mol. The van der Waals surface area contributed by atoms with Gasteiger partial charge in [0.05, 0.1) is 18.1 Å². The lowest BCUT2D eigenvalue weighted by atomic mass is 10.3. The molecular formula is C10H19NO3S. The zero-order chi connectivity index (χ0) is 10.7. The Kier molecular flexibility index (Phi) is 3.64. The summed E-state index contributed by atoms with van der Waals surface area (Å²) in [7, 11) is -2.81. The van der Waals surface area contributed by atoms with Crippen molar-refractivity contribution in [3.63, 3.8) is 0 Å². The van der Waals surface area contributed by atoms with E-state index < -0.39 is 9.84 Å². The first-order valence-corrected chi connectivity index (χ1v) is 7.49. The maximum atomic E-state index is 11.6. The summed E-state index contributed by atoms with van der Waals surface area (Å²) < 4.78 is 28.4. The first kappa shape index (κ1) is 11.4. The molecule has 5 heteroatoms. The summed E-state index contributed by atoms with van der Waals surface area (Å²) in [5, 5.41) is 3.23. The van der Waals surface area contributed by atoms with Crippen LogP contribution < -0.4 is 5.32 Å². The zero-order valence-corrected chi connectivity index (χ0v) is 9.76. The van der Waals surface area contributed by atoms with Gasteiger partial charge >= 0.3 is 0 Å². The molecule has 1 saturated carbocycles. The molecule has 1 unspecified atom stereocenters. The highest BCUT2D eigenvalue weighted by Gasteiger charge is 2.27. The molecule has 2 aliphatic rings. The maximum Gasteiger partial charge on any atom is 0.151 e. The van der Waals surface area contributed by atoms with Crippen LogP contribution in [0.5, 0.6) is 0 Å². The van der Waals surface area contributed by atoms with Crippen LogP contribution in [0, 0.1) is 5.92 Å². The van der Waals surface area contributed by atoms with E-state index >= 15 is 0 Å². The van der Waals surface area contributed by atoms with Crippen molar-refractivity contribution in [2.24, 2.45) is 5.92 Å². The van der Waals surface area contributed by atoms with Gasteiger partial charge in [-0.1, -0.05) is 0 Å². The molecule has 2 rings (SSSR count). The molecule has 1 atom stereocenters. The number of nitrogens with one attached hydrogen (secondary N) is 1. The molecular weight excluding hydrogens is 214 g/mol. The lowest BCUT2D eigenvalue weighted by Gasteiger charge is -2.10. The predicted octanol–water partition coefficient (Wildman–Crippen LogP) is 0.190. The Morgan fingerprint density at radius 1 is 1.27 bits per heavy atom. The van der Waals surface area contributed by atoms with Gasteiger partial charge in [-0.15, -0.1) is 0 Å².